The van der Waals surface area contributed by atoms with Crippen molar-refractivity contribution in [2.75, 3.05) is 23.9 Å². The molecule has 0 radical (unpaired) electrons. The van der Waals surface area contributed by atoms with Crippen LogP contribution in [-0.2, 0) is 16.4 Å². The predicted octanol–water partition coefficient (Wildman–Crippen LogP) is 1.61. The SMILES string of the molecule is CS(=O)(=O)CCNc1ncc(Cn2cc(Br)cn2)s1. The highest BCUT2D eigenvalue weighted by Gasteiger charge is 2.05. The Morgan fingerprint density at radius 1 is 1.47 bits per heavy atom. The maximum absolute atomic E-state index is 11.0. The third kappa shape index (κ3) is 4.92. The normalized spacial score (nSPS) is 11.7. The van der Waals surface area contributed by atoms with E-state index in [1.165, 1.54) is 17.6 Å². The van der Waals surface area contributed by atoms with Crippen molar-refractivity contribution >= 4 is 42.2 Å². The van der Waals surface area contributed by atoms with Crippen LogP contribution in [0, 0.1) is 0 Å². The van der Waals surface area contributed by atoms with E-state index in [2.05, 4.69) is 31.3 Å². The van der Waals surface area contributed by atoms with E-state index in [0.717, 1.165) is 14.5 Å². The monoisotopic (exact) mass is 364 g/mol. The van der Waals surface area contributed by atoms with E-state index in [4.69, 9.17) is 0 Å². The molecule has 0 fully saturated rings. The summed E-state index contributed by atoms with van der Waals surface area (Å²) in [4.78, 5) is 5.25. The van der Waals surface area contributed by atoms with E-state index in [1.807, 2.05) is 6.20 Å². The largest absolute Gasteiger partial charge is 0.360 e. The molecule has 0 atom stereocenters. The van der Waals surface area contributed by atoms with Gasteiger partial charge in [0.05, 0.1) is 23.0 Å². The zero-order valence-electron chi connectivity index (χ0n) is 10.2. The van der Waals surface area contributed by atoms with Crippen LogP contribution in [0.1, 0.15) is 4.88 Å². The highest BCUT2D eigenvalue weighted by atomic mass is 79.9. The lowest BCUT2D eigenvalue weighted by molar-refractivity contribution is 0.602. The van der Waals surface area contributed by atoms with Crippen LogP contribution in [0.15, 0.2) is 23.1 Å². The van der Waals surface area contributed by atoms with Crippen LogP contribution >= 0.6 is 27.3 Å². The lowest BCUT2D eigenvalue weighted by Crippen LogP contribution is -2.13. The first-order chi connectivity index (χ1) is 8.92. The van der Waals surface area contributed by atoms with E-state index in [9.17, 15) is 8.42 Å². The van der Waals surface area contributed by atoms with Crippen molar-refractivity contribution < 1.29 is 8.42 Å². The summed E-state index contributed by atoms with van der Waals surface area (Å²) in [5.74, 6) is 0.105. The molecule has 2 aromatic heterocycles. The zero-order chi connectivity index (χ0) is 13.9. The summed E-state index contributed by atoms with van der Waals surface area (Å²) >= 11 is 4.83. The molecule has 1 N–H and O–H groups in total. The average molecular weight is 365 g/mol. The van der Waals surface area contributed by atoms with Gasteiger partial charge in [-0.25, -0.2) is 13.4 Å². The van der Waals surface area contributed by atoms with E-state index in [-0.39, 0.29) is 5.75 Å². The standard InChI is InChI=1S/C10H13BrN4O2S2/c1-19(16,17)3-2-12-10-13-5-9(18-10)7-15-6-8(11)4-14-15/h4-6H,2-3,7H2,1H3,(H,12,13). The molecule has 0 saturated carbocycles. The molecule has 104 valence electrons. The summed E-state index contributed by atoms with van der Waals surface area (Å²) in [5, 5.41) is 7.89. The van der Waals surface area contributed by atoms with Crippen molar-refractivity contribution in [2.45, 2.75) is 6.54 Å². The third-order valence-corrected chi connectivity index (χ3v) is 4.52. The van der Waals surface area contributed by atoms with Gasteiger partial charge in [-0.3, -0.25) is 4.68 Å². The molecule has 0 aliphatic rings. The highest BCUT2D eigenvalue weighted by molar-refractivity contribution is 9.10. The Balaban J connectivity index is 1.88. The number of thiazole rings is 1. The summed E-state index contributed by atoms with van der Waals surface area (Å²) in [7, 11) is -2.94. The molecule has 2 rings (SSSR count). The van der Waals surface area contributed by atoms with Crippen molar-refractivity contribution in [2.24, 2.45) is 0 Å². The molecule has 0 spiro atoms. The molecule has 0 aliphatic carbocycles. The number of rotatable bonds is 6. The van der Waals surface area contributed by atoms with Crippen LogP contribution in [-0.4, -0.2) is 41.7 Å². The second kappa shape index (κ2) is 6.02. The van der Waals surface area contributed by atoms with Gasteiger partial charge in [-0.2, -0.15) is 5.10 Å². The number of nitrogens with zero attached hydrogens (tertiary/aromatic N) is 3. The van der Waals surface area contributed by atoms with E-state index in [0.29, 0.717) is 13.1 Å². The zero-order valence-corrected chi connectivity index (χ0v) is 13.4. The Morgan fingerprint density at radius 2 is 2.26 bits per heavy atom. The molecule has 19 heavy (non-hydrogen) atoms. The second-order valence-corrected chi connectivity index (χ2v) is 8.34. The highest BCUT2D eigenvalue weighted by Crippen LogP contribution is 2.19. The molecule has 6 nitrogen and oxygen atoms in total. The van der Waals surface area contributed by atoms with Crippen LogP contribution in [0.3, 0.4) is 0 Å². The Bertz CT molecular complexity index is 650. The maximum atomic E-state index is 11.0. The first-order valence-corrected chi connectivity index (χ1v) is 9.14. The summed E-state index contributed by atoms with van der Waals surface area (Å²) in [5.41, 5.74) is 0. The number of anilines is 1. The Labute approximate surface area is 123 Å². The molecule has 0 unspecified atom stereocenters. The first kappa shape index (κ1) is 14.5. The fraction of sp³-hybridized carbons (Fsp3) is 0.400. The van der Waals surface area contributed by atoms with Gasteiger partial charge in [0, 0.05) is 30.1 Å². The molecule has 0 bridgehead atoms. The summed E-state index contributed by atoms with van der Waals surface area (Å²) < 4.78 is 24.7. The fourth-order valence-electron chi connectivity index (χ4n) is 1.39. The van der Waals surface area contributed by atoms with Gasteiger partial charge in [0.15, 0.2) is 5.13 Å². The second-order valence-electron chi connectivity index (χ2n) is 4.04. The van der Waals surface area contributed by atoms with Crippen molar-refractivity contribution in [3.05, 3.63) is 27.9 Å². The lowest BCUT2D eigenvalue weighted by atomic mass is 10.5. The van der Waals surface area contributed by atoms with Crippen molar-refractivity contribution in [3.63, 3.8) is 0 Å². The van der Waals surface area contributed by atoms with Crippen LogP contribution in [0.25, 0.3) is 0 Å². The fourth-order valence-corrected chi connectivity index (χ4v) is 3.02. The van der Waals surface area contributed by atoms with Gasteiger partial charge >= 0.3 is 0 Å². The number of nitrogens with one attached hydrogen (secondary N) is 1. The Hall–Kier alpha value is -0.930. The quantitative estimate of drug-likeness (QED) is 0.842. The topological polar surface area (TPSA) is 76.9 Å². The van der Waals surface area contributed by atoms with Crippen molar-refractivity contribution in [3.8, 4) is 0 Å². The Kier molecular flexibility index (Phi) is 4.58. The lowest BCUT2D eigenvalue weighted by Gasteiger charge is -2.00. The smallest absolute Gasteiger partial charge is 0.182 e. The van der Waals surface area contributed by atoms with Gasteiger partial charge in [0.25, 0.3) is 0 Å². The van der Waals surface area contributed by atoms with Gasteiger partial charge < -0.3 is 5.32 Å². The van der Waals surface area contributed by atoms with E-state index >= 15 is 0 Å². The number of hydrogen-bond acceptors (Lipinski definition) is 6. The van der Waals surface area contributed by atoms with Crippen LogP contribution < -0.4 is 5.32 Å². The van der Waals surface area contributed by atoms with Crippen LogP contribution in [0.4, 0.5) is 5.13 Å². The molecule has 9 heteroatoms. The van der Waals surface area contributed by atoms with Crippen LogP contribution in [0.5, 0.6) is 0 Å². The number of hydrogen-bond donors (Lipinski definition) is 1. The average Bonchev–Trinajstić information content (AvgIpc) is 2.87. The summed E-state index contributed by atoms with van der Waals surface area (Å²) in [6.07, 6.45) is 6.60. The number of halogens is 1. The minimum atomic E-state index is -2.94. The minimum Gasteiger partial charge on any atom is -0.360 e. The molecular formula is C10H13BrN4O2S2. The van der Waals surface area contributed by atoms with Gasteiger partial charge in [0.2, 0.25) is 0 Å². The van der Waals surface area contributed by atoms with Crippen molar-refractivity contribution in [1.82, 2.24) is 14.8 Å². The van der Waals surface area contributed by atoms with Gasteiger partial charge in [-0.1, -0.05) is 0 Å². The predicted molar refractivity (Wildman–Crippen MR) is 79.3 cm³/mol. The maximum Gasteiger partial charge on any atom is 0.182 e. The van der Waals surface area contributed by atoms with Gasteiger partial charge in [0.1, 0.15) is 9.84 Å². The molecule has 0 amide bonds. The molecular weight excluding hydrogens is 352 g/mol. The number of sulfone groups is 1. The molecule has 0 saturated heterocycles. The van der Waals surface area contributed by atoms with Gasteiger partial charge in [-0.15, -0.1) is 11.3 Å². The van der Waals surface area contributed by atoms with Crippen LogP contribution in [0.2, 0.25) is 0 Å². The minimum absolute atomic E-state index is 0.105. The third-order valence-electron chi connectivity index (χ3n) is 2.22. The van der Waals surface area contributed by atoms with Gasteiger partial charge in [-0.05, 0) is 15.9 Å². The number of aromatic nitrogens is 3. The molecule has 0 aromatic carbocycles. The van der Waals surface area contributed by atoms with E-state index < -0.39 is 9.84 Å². The summed E-state index contributed by atoms with van der Waals surface area (Å²) in [6.45, 7) is 1.02. The van der Waals surface area contributed by atoms with E-state index in [1.54, 1.807) is 17.1 Å². The van der Waals surface area contributed by atoms with Crippen molar-refractivity contribution in [1.29, 1.82) is 0 Å². The summed E-state index contributed by atoms with van der Waals surface area (Å²) in [6, 6.07) is 0. The molecule has 2 heterocycles. The Morgan fingerprint density at radius 3 is 2.89 bits per heavy atom. The molecule has 0 aliphatic heterocycles. The molecule has 2 aromatic rings. The first-order valence-electron chi connectivity index (χ1n) is 5.47.